The van der Waals surface area contributed by atoms with Gasteiger partial charge in [-0.15, -0.1) is 0 Å². The fraction of sp³-hybridized carbons (Fsp3) is 0.263. The fourth-order valence-corrected chi connectivity index (χ4v) is 2.66. The molecule has 1 aliphatic rings. The molecule has 1 amide bonds. The lowest BCUT2D eigenvalue weighted by molar-refractivity contribution is -0.124. The van der Waals surface area contributed by atoms with Crippen LogP contribution in [0.2, 0.25) is 0 Å². The van der Waals surface area contributed by atoms with Gasteiger partial charge in [-0.1, -0.05) is 18.2 Å². The molecule has 0 radical (unpaired) electrons. The number of Topliss-reactive ketones (excluding diaryl/α,β-unsaturated/α-hetero) is 1. The molecule has 24 heavy (non-hydrogen) atoms. The Morgan fingerprint density at radius 1 is 1.17 bits per heavy atom. The van der Waals surface area contributed by atoms with Crippen LogP contribution in [0, 0.1) is 0 Å². The number of ketones is 1. The number of nitrogens with one attached hydrogen (secondary N) is 1. The summed E-state index contributed by atoms with van der Waals surface area (Å²) in [5, 5.41) is 2.98. The van der Waals surface area contributed by atoms with Crippen molar-refractivity contribution in [2.45, 2.75) is 19.4 Å². The van der Waals surface area contributed by atoms with Crippen molar-refractivity contribution >= 4 is 11.7 Å². The third-order valence-electron chi connectivity index (χ3n) is 3.92. The van der Waals surface area contributed by atoms with E-state index in [2.05, 4.69) is 5.32 Å². The minimum absolute atomic E-state index is 0.00234. The molecule has 1 aliphatic heterocycles. The summed E-state index contributed by atoms with van der Waals surface area (Å²) in [6, 6.07) is 14.4. The van der Waals surface area contributed by atoms with Crippen LogP contribution in [-0.4, -0.2) is 24.9 Å². The van der Waals surface area contributed by atoms with E-state index in [1.165, 1.54) is 6.92 Å². The van der Waals surface area contributed by atoms with E-state index in [1.54, 1.807) is 24.3 Å². The number of benzene rings is 2. The summed E-state index contributed by atoms with van der Waals surface area (Å²) in [7, 11) is 0. The van der Waals surface area contributed by atoms with Crippen LogP contribution in [0.25, 0.3) is 0 Å². The van der Waals surface area contributed by atoms with Crippen molar-refractivity contribution in [3.8, 4) is 11.5 Å². The van der Waals surface area contributed by atoms with Crippen molar-refractivity contribution in [1.29, 1.82) is 0 Å². The molecule has 0 saturated carbocycles. The van der Waals surface area contributed by atoms with Crippen molar-refractivity contribution in [2.24, 2.45) is 0 Å². The Bertz CT molecular complexity index is 739. The molecule has 5 nitrogen and oxygen atoms in total. The molecule has 3 rings (SSSR count). The lowest BCUT2D eigenvalue weighted by Crippen LogP contribution is -2.35. The van der Waals surface area contributed by atoms with Crippen LogP contribution in [0.5, 0.6) is 11.5 Å². The number of fused-ring (bicyclic) bond motifs is 1. The second-order valence-corrected chi connectivity index (χ2v) is 5.66. The topological polar surface area (TPSA) is 64.6 Å². The highest BCUT2D eigenvalue weighted by atomic mass is 16.5. The Balaban J connectivity index is 1.56. The minimum Gasteiger partial charge on any atom is -0.493 e. The van der Waals surface area contributed by atoms with Crippen molar-refractivity contribution in [2.75, 3.05) is 13.2 Å². The highest BCUT2D eigenvalue weighted by Gasteiger charge is 2.22. The molecule has 124 valence electrons. The van der Waals surface area contributed by atoms with Crippen LogP contribution in [0.3, 0.4) is 0 Å². The maximum absolute atomic E-state index is 12.1. The first-order chi connectivity index (χ1) is 11.6. The van der Waals surface area contributed by atoms with E-state index in [-0.39, 0.29) is 24.3 Å². The molecule has 0 bridgehead atoms. The second-order valence-electron chi connectivity index (χ2n) is 5.66. The normalized spacial score (nSPS) is 15.8. The molecule has 2 aromatic rings. The summed E-state index contributed by atoms with van der Waals surface area (Å²) < 4.78 is 11.1. The Kier molecular flexibility index (Phi) is 4.79. The monoisotopic (exact) mass is 325 g/mol. The molecule has 0 unspecified atom stereocenters. The number of hydrogen-bond acceptors (Lipinski definition) is 4. The standard InChI is InChI=1S/C19H19NO4/c1-13(21)14-6-8-15(9-7-14)24-12-19(22)20-17-10-11-23-18-5-3-2-4-16(17)18/h2-9,17H,10-12H2,1H3,(H,20,22)/t17-/m1/s1. The quantitative estimate of drug-likeness (QED) is 0.859. The predicted octanol–water partition coefficient (Wildman–Crippen LogP) is 2.91. The Labute approximate surface area is 140 Å². The van der Waals surface area contributed by atoms with E-state index in [9.17, 15) is 9.59 Å². The van der Waals surface area contributed by atoms with Crippen LogP contribution < -0.4 is 14.8 Å². The Morgan fingerprint density at radius 3 is 2.67 bits per heavy atom. The lowest BCUT2D eigenvalue weighted by atomic mass is 10.0. The fourth-order valence-electron chi connectivity index (χ4n) is 2.66. The first-order valence-corrected chi connectivity index (χ1v) is 7.88. The lowest BCUT2D eigenvalue weighted by Gasteiger charge is -2.26. The van der Waals surface area contributed by atoms with Gasteiger partial charge in [0, 0.05) is 17.5 Å². The summed E-state index contributed by atoms with van der Waals surface area (Å²) in [6.07, 6.45) is 0.732. The number of carbonyl (C=O) groups excluding carboxylic acids is 2. The first kappa shape index (κ1) is 16.1. The SMILES string of the molecule is CC(=O)c1ccc(OCC(=O)N[C@@H]2CCOc3ccccc32)cc1. The van der Waals surface area contributed by atoms with Crippen molar-refractivity contribution in [3.05, 3.63) is 59.7 Å². The zero-order valence-corrected chi connectivity index (χ0v) is 13.5. The molecule has 0 aromatic heterocycles. The van der Waals surface area contributed by atoms with Crippen LogP contribution in [0.15, 0.2) is 48.5 Å². The Morgan fingerprint density at radius 2 is 1.92 bits per heavy atom. The van der Waals surface area contributed by atoms with E-state index in [1.807, 2.05) is 24.3 Å². The number of ether oxygens (including phenoxy) is 2. The number of amides is 1. The van der Waals surface area contributed by atoms with Crippen LogP contribution >= 0.6 is 0 Å². The number of carbonyl (C=O) groups is 2. The van der Waals surface area contributed by atoms with Gasteiger partial charge < -0.3 is 14.8 Å². The smallest absolute Gasteiger partial charge is 0.258 e. The minimum atomic E-state index is -0.188. The third kappa shape index (κ3) is 3.74. The molecule has 1 N–H and O–H groups in total. The van der Waals surface area contributed by atoms with E-state index >= 15 is 0 Å². The summed E-state index contributed by atoms with van der Waals surface area (Å²) >= 11 is 0. The molecular weight excluding hydrogens is 306 g/mol. The van der Waals surface area contributed by atoms with Gasteiger partial charge in [0.2, 0.25) is 0 Å². The van der Waals surface area contributed by atoms with Crippen molar-refractivity contribution in [3.63, 3.8) is 0 Å². The summed E-state index contributed by atoms with van der Waals surface area (Å²) in [5.74, 6) is 1.18. The van der Waals surface area contributed by atoms with E-state index in [0.29, 0.717) is 17.9 Å². The van der Waals surface area contributed by atoms with E-state index in [0.717, 1.165) is 17.7 Å². The first-order valence-electron chi connectivity index (χ1n) is 7.88. The van der Waals surface area contributed by atoms with Gasteiger partial charge in [0.15, 0.2) is 12.4 Å². The highest BCUT2D eigenvalue weighted by Crippen LogP contribution is 2.31. The zero-order valence-electron chi connectivity index (χ0n) is 13.5. The van der Waals surface area contributed by atoms with Gasteiger partial charge in [-0.2, -0.15) is 0 Å². The molecule has 0 saturated heterocycles. The third-order valence-corrected chi connectivity index (χ3v) is 3.92. The van der Waals surface area contributed by atoms with Gasteiger partial charge in [-0.25, -0.2) is 0 Å². The van der Waals surface area contributed by atoms with Gasteiger partial charge in [0.25, 0.3) is 5.91 Å². The van der Waals surface area contributed by atoms with Crippen molar-refractivity contribution < 1.29 is 19.1 Å². The maximum atomic E-state index is 12.1. The van der Waals surface area contributed by atoms with Gasteiger partial charge >= 0.3 is 0 Å². The number of hydrogen-bond donors (Lipinski definition) is 1. The molecule has 0 spiro atoms. The maximum Gasteiger partial charge on any atom is 0.258 e. The number of para-hydroxylation sites is 1. The summed E-state index contributed by atoms with van der Waals surface area (Å²) in [4.78, 5) is 23.4. The van der Waals surface area contributed by atoms with Crippen molar-refractivity contribution in [1.82, 2.24) is 5.32 Å². The van der Waals surface area contributed by atoms with Gasteiger partial charge in [0.1, 0.15) is 11.5 Å². The van der Waals surface area contributed by atoms with Crippen LogP contribution in [-0.2, 0) is 4.79 Å². The molecule has 1 atom stereocenters. The van der Waals surface area contributed by atoms with Gasteiger partial charge in [0.05, 0.1) is 12.6 Å². The molecular formula is C19H19NO4. The largest absolute Gasteiger partial charge is 0.493 e. The average Bonchev–Trinajstić information content (AvgIpc) is 2.61. The molecule has 0 aliphatic carbocycles. The molecule has 5 heteroatoms. The molecule has 2 aromatic carbocycles. The van der Waals surface area contributed by atoms with Gasteiger partial charge in [-0.3, -0.25) is 9.59 Å². The summed E-state index contributed by atoms with van der Waals surface area (Å²) in [6.45, 7) is 2.02. The Hall–Kier alpha value is -2.82. The number of rotatable bonds is 5. The second kappa shape index (κ2) is 7.17. The van der Waals surface area contributed by atoms with E-state index in [4.69, 9.17) is 9.47 Å². The van der Waals surface area contributed by atoms with Gasteiger partial charge in [-0.05, 0) is 37.3 Å². The summed E-state index contributed by atoms with van der Waals surface area (Å²) in [5.41, 5.74) is 1.61. The predicted molar refractivity (Wildman–Crippen MR) is 89.4 cm³/mol. The molecule has 1 heterocycles. The zero-order chi connectivity index (χ0) is 16.9. The van der Waals surface area contributed by atoms with Crippen LogP contribution in [0.1, 0.15) is 35.3 Å². The average molecular weight is 325 g/mol. The van der Waals surface area contributed by atoms with Crippen LogP contribution in [0.4, 0.5) is 0 Å². The molecule has 0 fully saturated rings. The highest BCUT2D eigenvalue weighted by molar-refractivity contribution is 5.94. The van der Waals surface area contributed by atoms with E-state index < -0.39 is 0 Å².